The maximum Gasteiger partial charge on any atom is 0.266 e. The van der Waals surface area contributed by atoms with Gasteiger partial charge in [-0.3, -0.25) is 9.20 Å². The fourth-order valence-electron chi connectivity index (χ4n) is 3.70. The molecule has 0 saturated carbocycles. The van der Waals surface area contributed by atoms with E-state index >= 15 is 0 Å². The number of fused-ring (bicyclic) bond motifs is 1. The second-order valence-electron chi connectivity index (χ2n) is 7.02. The van der Waals surface area contributed by atoms with E-state index in [0.717, 1.165) is 37.5 Å². The minimum atomic E-state index is -0.0817. The number of hydrogen-bond acceptors (Lipinski definition) is 6. The van der Waals surface area contributed by atoms with Crippen molar-refractivity contribution in [1.29, 1.82) is 0 Å². The summed E-state index contributed by atoms with van der Waals surface area (Å²) in [7, 11) is 0. The average molecular weight is 376 g/mol. The molecule has 4 aromatic heterocycles. The lowest BCUT2D eigenvalue weighted by Gasteiger charge is -2.31. The van der Waals surface area contributed by atoms with Crippen LogP contribution in [0.3, 0.4) is 0 Å². The van der Waals surface area contributed by atoms with Crippen molar-refractivity contribution in [2.75, 3.05) is 18.0 Å². The summed E-state index contributed by atoms with van der Waals surface area (Å²) in [4.78, 5) is 14.5. The zero-order chi connectivity index (χ0) is 18.9. The van der Waals surface area contributed by atoms with Gasteiger partial charge in [-0.25, -0.2) is 9.36 Å². The minimum Gasteiger partial charge on any atom is -0.341 e. The highest BCUT2D eigenvalue weighted by molar-refractivity contribution is 5.46. The number of pyridine rings is 1. The molecule has 1 aliphatic rings. The number of rotatable bonds is 4. The Morgan fingerprint density at radius 2 is 1.89 bits per heavy atom. The van der Waals surface area contributed by atoms with E-state index in [1.807, 2.05) is 41.1 Å². The second-order valence-corrected chi connectivity index (χ2v) is 7.02. The van der Waals surface area contributed by atoms with Crippen LogP contribution in [0.2, 0.25) is 0 Å². The third-order valence-electron chi connectivity index (χ3n) is 5.22. The maximum absolute atomic E-state index is 12.3. The van der Waals surface area contributed by atoms with Crippen LogP contribution >= 0.6 is 0 Å². The van der Waals surface area contributed by atoms with Crippen LogP contribution in [0.15, 0.2) is 59.8 Å². The molecule has 1 aliphatic heterocycles. The molecule has 28 heavy (non-hydrogen) atoms. The summed E-state index contributed by atoms with van der Waals surface area (Å²) < 4.78 is 5.23. The van der Waals surface area contributed by atoms with Crippen molar-refractivity contribution in [1.82, 2.24) is 34.2 Å². The van der Waals surface area contributed by atoms with Crippen LogP contribution in [0.25, 0.3) is 11.5 Å². The number of hydrogen-bond donors (Lipinski definition) is 0. The molecule has 0 amide bonds. The van der Waals surface area contributed by atoms with E-state index in [1.54, 1.807) is 27.7 Å². The standard InChI is InChI=1S/C19H20N8O/c28-18-6-5-17(26-11-3-9-20-26)23-27(18)14-15-7-12-24(13-8-15)19-22-21-16-4-1-2-10-25(16)19/h1-6,9-11,15H,7-8,12-14H2. The Morgan fingerprint density at radius 1 is 1.00 bits per heavy atom. The van der Waals surface area contributed by atoms with E-state index in [2.05, 4.69) is 25.3 Å². The topological polar surface area (TPSA) is 86.1 Å². The van der Waals surface area contributed by atoms with Crippen LogP contribution in [0.4, 0.5) is 5.95 Å². The minimum absolute atomic E-state index is 0.0817. The quantitative estimate of drug-likeness (QED) is 0.535. The van der Waals surface area contributed by atoms with Crippen molar-refractivity contribution in [2.45, 2.75) is 19.4 Å². The summed E-state index contributed by atoms with van der Waals surface area (Å²) in [6.07, 6.45) is 7.45. The average Bonchev–Trinajstić information content (AvgIpc) is 3.40. The Labute approximate surface area is 160 Å². The van der Waals surface area contributed by atoms with Gasteiger partial charge >= 0.3 is 0 Å². The molecule has 0 atom stereocenters. The molecule has 0 spiro atoms. The van der Waals surface area contributed by atoms with Gasteiger partial charge in [0.1, 0.15) is 0 Å². The maximum atomic E-state index is 12.3. The van der Waals surface area contributed by atoms with Gasteiger partial charge in [0.05, 0.1) is 0 Å². The molecular formula is C19H20N8O. The van der Waals surface area contributed by atoms with Crippen LogP contribution in [-0.2, 0) is 6.54 Å². The first-order valence-electron chi connectivity index (χ1n) is 9.41. The molecule has 0 radical (unpaired) electrons. The molecular weight excluding hydrogens is 356 g/mol. The van der Waals surface area contributed by atoms with Gasteiger partial charge in [0.2, 0.25) is 5.95 Å². The molecule has 0 bridgehead atoms. The first-order valence-corrected chi connectivity index (χ1v) is 9.41. The number of piperidine rings is 1. The van der Waals surface area contributed by atoms with E-state index in [0.29, 0.717) is 18.3 Å². The van der Waals surface area contributed by atoms with Crippen molar-refractivity contribution in [3.63, 3.8) is 0 Å². The second kappa shape index (κ2) is 6.91. The molecule has 0 aromatic carbocycles. The molecule has 142 valence electrons. The van der Waals surface area contributed by atoms with E-state index in [9.17, 15) is 4.79 Å². The predicted molar refractivity (Wildman–Crippen MR) is 104 cm³/mol. The molecule has 9 heteroatoms. The molecule has 1 saturated heterocycles. The van der Waals surface area contributed by atoms with Crippen LogP contribution in [0.5, 0.6) is 0 Å². The van der Waals surface area contributed by atoms with Gasteiger partial charge in [-0.2, -0.15) is 5.10 Å². The third kappa shape index (κ3) is 3.04. The Hall–Kier alpha value is -3.49. The molecule has 5 heterocycles. The molecule has 0 aliphatic carbocycles. The van der Waals surface area contributed by atoms with Crippen LogP contribution < -0.4 is 10.5 Å². The summed E-state index contributed by atoms with van der Waals surface area (Å²) >= 11 is 0. The summed E-state index contributed by atoms with van der Waals surface area (Å²) in [6, 6.07) is 11.0. The first kappa shape index (κ1) is 16.7. The van der Waals surface area contributed by atoms with Crippen molar-refractivity contribution in [2.24, 2.45) is 5.92 Å². The zero-order valence-corrected chi connectivity index (χ0v) is 15.3. The van der Waals surface area contributed by atoms with Gasteiger partial charge in [0.25, 0.3) is 5.56 Å². The normalized spacial score (nSPS) is 15.4. The SMILES string of the molecule is O=c1ccc(-n2cccn2)nn1CC1CCN(c2nnc3ccccn23)CC1. The Balaban J connectivity index is 1.29. The summed E-state index contributed by atoms with van der Waals surface area (Å²) in [5, 5.41) is 17.2. The lowest BCUT2D eigenvalue weighted by molar-refractivity contribution is 0.332. The fourth-order valence-corrected chi connectivity index (χ4v) is 3.70. The molecule has 5 rings (SSSR count). The van der Waals surface area contributed by atoms with Crippen LogP contribution in [0, 0.1) is 5.92 Å². The van der Waals surface area contributed by atoms with Crippen LogP contribution in [0.1, 0.15) is 12.8 Å². The van der Waals surface area contributed by atoms with Gasteiger partial charge in [-0.05, 0) is 43.0 Å². The molecule has 0 unspecified atom stereocenters. The Morgan fingerprint density at radius 3 is 2.71 bits per heavy atom. The van der Waals surface area contributed by atoms with Crippen LogP contribution in [-0.4, -0.2) is 47.2 Å². The van der Waals surface area contributed by atoms with E-state index in [-0.39, 0.29) is 5.56 Å². The smallest absolute Gasteiger partial charge is 0.266 e. The van der Waals surface area contributed by atoms with Gasteiger partial charge < -0.3 is 4.90 Å². The Kier molecular flexibility index (Phi) is 4.12. The van der Waals surface area contributed by atoms with Gasteiger partial charge in [-0.1, -0.05) is 6.07 Å². The van der Waals surface area contributed by atoms with E-state index < -0.39 is 0 Å². The van der Waals surface area contributed by atoms with Crippen molar-refractivity contribution >= 4 is 11.6 Å². The molecule has 4 aromatic rings. The molecule has 1 fully saturated rings. The number of nitrogens with zero attached hydrogens (tertiary/aromatic N) is 8. The lowest BCUT2D eigenvalue weighted by Crippen LogP contribution is -2.37. The van der Waals surface area contributed by atoms with Crippen molar-refractivity contribution < 1.29 is 0 Å². The molecule has 0 N–H and O–H groups in total. The lowest BCUT2D eigenvalue weighted by atomic mass is 9.97. The largest absolute Gasteiger partial charge is 0.341 e. The van der Waals surface area contributed by atoms with Crippen molar-refractivity contribution in [3.8, 4) is 5.82 Å². The van der Waals surface area contributed by atoms with Gasteiger partial charge in [-0.15, -0.1) is 15.3 Å². The highest BCUT2D eigenvalue weighted by Crippen LogP contribution is 2.23. The summed E-state index contributed by atoms with van der Waals surface area (Å²) in [5.41, 5.74) is 0.771. The van der Waals surface area contributed by atoms with E-state index in [4.69, 9.17) is 0 Å². The summed E-state index contributed by atoms with van der Waals surface area (Å²) in [5.74, 6) is 1.93. The van der Waals surface area contributed by atoms with Crippen molar-refractivity contribution in [3.05, 3.63) is 65.3 Å². The Bertz CT molecular complexity index is 1140. The van der Waals surface area contributed by atoms with E-state index in [1.165, 1.54) is 0 Å². The first-order chi connectivity index (χ1) is 13.8. The zero-order valence-electron chi connectivity index (χ0n) is 15.3. The third-order valence-corrected chi connectivity index (χ3v) is 5.22. The fraction of sp³-hybridized carbons (Fsp3) is 0.316. The predicted octanol–water partition coefficient (Wildman–Crippen LogP) is 1.39. The van der Waals surface area contributed by atoms with Gasteiger partial charge in [0.15, 0.2) is 11.5 Å². The van der Waals surface area contributed by atoms with Gasteiger partial charge in [0, 0.05) is 44.3 Å². The highest BCUT2D eigenvalue weighted by Gasteiger charge is 2.23. The number of aromatic nitrogens is 7. The molecule has 9 nitrogen and oxygen atoms in total. The summed E-state index contributed by atoms with van der Waals surface area (Å²) in [6.45, 7) is 2.38. The monoisotopic (exact) mass is 376 g/mol. The number of anilines is 1. The highest BCUT2D eigenvalue weighted by atomic mass is 16.1.